The van der Waals surface area contributed by atoms with Gasteiger partial charge in [-0.05, 0) is 37.1 Å². The van der Waals surface area contributed by atoms with E-state index in [1.54, 1.807) is 31.4 Å². The van der Waals surface area contributed by atoms with E-state index in [2.05, 4.69) is 0 Å². The molecular weight excluding hydrogens is 248 g/mol. The minimum atomic E-state index is -0.621. The molecule has 1 aromatic carbocycles. The molecule has 0 atom stereocenters. The fourth-order valence-electron chi connectivity index (χ4n) is 2.69. The molecule has 0 bridgehead atoms. The Bertz CT molecular complexity index is 403. The summed E-state index contributed by atoms with van der Waals surface area (Å²) < 4.78 is 5.62. The lowest BCUT2D eigenvalue weighted by Crippen LogP contribution is -2.40. The Morgan fingerprint density at radius 1 is 1.11 bits per heavy atom. The molecule has 18 heavy (non-hydrogen) atoms. The molecule has 0 aromatic heterocycles. The maximum absolute atomic E-state index is 12.6. The van der Waals surface area contributed by atoms with Crippen LogP contribution in [-0.2, 0) is 4.74 Å². The van der Waals surface area contributed by atoms with Crippen molar-refractivity contribution in [1.82, 2.24) is 0 Å². The number of carbonyl (C=O) groups is 1. The van der Waals surface area contributed by atoms with Gasteiger partial charge in [0.1, 0.15) is 5.60 Å². The predicted octanol–water partition coefficient (Wildman–Crippen LogP) is 4.26. The zero-order chi connectivity index (χ0) is 13.0. The summed E-state index contributed by atoms with van der Waals surface area (Å²) in [5.74, 6) is 0.101. The van der Waals surface area contributed by atoms with Crippen LogP contribution in [-0.4, -0.2) is 18.5 Å². The minimum absolute atomic E-state index is 0.101. The quantitative estimate of drug-likeness (QED) is 0.603. The summed E-state index contributed by atoms with van der Waals surface area (Å²) >= 11 is 5.85. The van der Waals surface area contributed by atoms with E-state index < -0.39 is 5.60 Å². The van der Waals surface area contributed by atoms with E-state index in [0.717, 1.165) is 25.7 Å². The van der Waals surface area contributed by atoms with E-state index in [0.29, 0.717) is 10.6 Å². The van der Waals surface area contributed by atoms with Crippen LogP contribution in [0.4, 0.5) is 0 Å². The van der Waals surface area contributed by atoms with E-state index in [4.69, 9.17) is 16.3 Å². The Hall–Kier alpha value is -0.860. The number of carbonyl (C=O) groups excluding carboxylic acids is 1. The molecule has 0 saturated heterocycles. The number of hydrogen-bond donors (Lipinski definition) is 0. The van der Waals surface area contributed by atoms with Crippen molar-refractivity contribution in [2.24, 2.45) is 0 Å². The van der Waals surface area contributed by atoms with Gasteiger partial charge in [0, 0.05) is 17.7 Å². The highest BCUT2D eigenvalue weighted by Crippen LogP contribution is 2.33. The van der Waals surface area contributed by atoms with Crippen LogP contribution in [0.15, 0.2) is 24.3 Å². The summed E-state index contributed by atoms with van der Waals surface area (Å²) in [6, 6.07) is 7.09. The van der Waals surface area contributed by atoms with Crippen LogP contribution in [0.3, 0.4) is 0 Å². The molecule has 3 heteroatoms. The predicted molar refractivity (Wildman–Crippen MR) is 73.2 cm³/mol. The molecule has 1 aromatic rings. The van der Waals surface area contributed by atoms with E-state index >= 15 is 0 Å². The Balaban J connectivity index is 2.25. The summed E-state index contributed by atoms with van der Waals surface area (Å²) in [6.45, 7) is 0. The second-order valence-electron chi connectivity index (χ2n) is 4.95. The van der Waals surface area contributed by atoms with Crippen LogP contribution in [0.1, 0.15) is 48.9 Å². The number of Topliss-reactive ketones (excluding diaryl/α,β-unsaturated/α-hetero) is 1. The topological polar surface area (TPSA) is 26.3 Å². The molecule has 98 valence electrons. The van der Waals surface area contributed by atoms with Crippen molar-refractivity contribution in [3.63, 3.8) is 0 Å². The lowest BCUT2D eigenvalue weighted by atomic mass is 9.86. The van der Waals surface area contributed by atoms with Crippen molar-refractivity contribution < 1.29 is 9.53 Å². The Morgan fingerprint density at radius 2 is 1.67 bits per heavy atom. The molecule has 1 aliphatic carbocycles. The third kappa shape index (κ3) is 2.76. The lowest BCUT2D eigenvalue weighted by Gasteiger charge is -2.29. The molecular formula is C15H19ClO2. The largest absolute Gasteiger partial charge is 0.370 e. The lowest BCUT2D eigenvalue weighted by molar-refractivity contribution is -0.00692. The van der Waals surface area contributed by atoms with E-state index in [1.807, 2.05) is 0 Å². The van der Waals surface area contributed by atoms with Crippen molar-refractivity contribution in [2.75, 3.05) is 7.11 Å². The molecule has 2 nitrogen and oxygen atoms in total. The molecule has 0 aliphatic heterocycles. The SMILES string of the molecule is COC1(C(=O)c2ccc(Cl)cc2)CCCCCC1. The van der Waals surface area contributed by atoms with Crippen LogP contribution in [0.2, 0.25) is 5.02 Å². The van der Waals surface area contributed by atoms with Gasteiger partial charge < -0.3 is 4.74 Å². The maximum atomic E-state index is 12.6. The van der Waals surface area contributed by atoms with Crippen molar-refractivity contribution in [3.05, 3.63) is 34.9 Å². The highest BCUT2D eigenvalue weighted by molar-refractivity contribution is 6.30. The molecule has 0 heterocycles. The molecule has 2 rings (SSSR count). The Morgan fingerprint density at radius 3 is 2.17 bits per heavy atom. The Kier molecular flexibility index (Phi) is 4.41. The van der Waals surface area contributed by atoms with E-state index in [-0.39, 0.29) is 5.78 Å². The van der Waals surface area contributed by atoms with Gasteiger partial charge in [-0.2, -0.15) is 0 Å². The van der Waals surface area contributed by atoms with Gasteiger partial charge in [0.05, 0.1) is 0 Å². The first kappa shape index (κ1) is 13.6. The fraction of sp³-hybridized carbons (Fsp3) is 0.533. The fourth-order valence-corrected chi connectivity index (χ4v) is 2.81. The van der Waals surface area contributed by atoms with E-state index in [1.165, 1.54) is 12.8 Å². The second-order valence-corrected chi connectivity index (χ2v) is 5.39. The van der Waals surface area contributed by atoms with Crippen LogP contribution >= 0.6 is 11.6 Å². The maximum Gasteiger partial charge on any atom is 0.194 e. The van der Waals surface area contributed by atoms with Crippen molar-refractivity contribution in [2.45, 2.75) is 44.1 Å². The third-order valence-electron chi connectivity index (χ3n) is 3.82. The van der Waals surface area contributed by atoms with Crippen molar-refractivity contribution in [1.29, 1.82) is 0 Å². The molecule has 0 N–H and O–H groups in total. The second kappa shape index (κ2) is 5.85. The zero-order valence-electron chi connectivity index (χ0n) is 10.7. The van der Waals surface area contributed by atoms with Gasteiger partial charge >= 0.3 is 0 Å². The van der Waals surface area contributed by atoms with Crippen LogP contribution in [0, 0.1) is 0 Å². The molecule has 0 radical (unpaired) electrons. The molecule has 0 unspecified atom stereocenters. The van der Waals surface area contributed by atoms with Crippen molar-refractivity contribution in [3.8, 4) is 0 Å². The Labute approximate surface area is 113 Å². The van der Waals surface area contributed by atoms with Gasteiger partial charge in [-0.25, -0.2) is 0 Å². The van der Waals surface area contributed by atoms with Crippen LogP contribution in [0.5, 0.6) is 0 Å². The summed E-state index contributed by atoms with van der Waals surface area (Å²) in [7, 11) is 1.65. The molecule has 0 spiro atoms. The normalized spacial score (nSPS) is 19.2. The van der Waals surface area contributed by atoms with Gasteiger partial charge in [-0.15, -0.1) is 0 Å². The number of hydrogen-bond acceptors (Lipinski definition) is 2. The minimum Gasteiger partial charge on any atom is -0.370 e. The highest BCUT2D eigenvalue weighted by Gasteiger charge is 2.38. The number of rotatable bonds is 3. The van der Waals surface area contributed by atoms with Gasteiger partial charge in [0.15, 0.2) is 5.78 Å². The van der Waals surface area contributed by atoms with Gasteiger partial charge in [0.2, 0.25) is 0 Å². The zero-order valence-corrected chi connectivity index (χ0v) is 11.5. The monoisotopic (exact) mass is 266 g/mol. The van der Waals surface area contributed by atoms with Gasteiger partial charge in [0.25, 0.3) is 0 Å². The molecule has 1 aliphatic rings. The summed E-state index contributed by atoms with van der Waals surface area (Å²) in [4.78, 5) is 12.6. The number of methoxy groups -OCH3 is 1. The number of halogens is 1. The molecule has 1 saturated carbocycles. The first-order valence-corrected chi connectivity index (χ1v) is 6.91. The average Bonchev–Trinajstić information content (AvgIpc) is 2.65. The van der Waals surface area contributed by atoms with Gasteiger partial charge in [-0.3, -0.25) is 4.79 Å². The van der Waals surface area contributed by atoms with Crippen LogP contribution in [0.25, 0.3) is 0 Å². The highest BCUT2D eigenvalue weighted by atomic mass is 35.5. The number of ketones is 1. The number of ether oxygens (including phenoxy) is 1. The summed E-state index contributed by atoms with van der Waals surface area (Å²) in [5.41, 5.74) is 0.0767. The van der Waals surface area contributed by atoms with Gasteiger partial charge in [-0.1, -0.05) is 37.3 Å². The average molecular weight is 267 g/mol. The first-order chi connectivity index (χ1) is 8.68. The smallest absolute Gasteiger partial charge is 0.194 e. The van der Waals surface area contributed by atoms with Crippen molar-refractivity contribution >= 4 is 17.4 Å². The molecule has 0 amide bonds. The first-order valence-electron chi connectivity index (χ1n) is 6.53. The third-order valence-corrected chi connectivity index (χ3v) is 4.07. The number of benzene rings is 1. The van der Waals surface area contributed by atoms with E-state index in [9.17, 15) is 4.79 Å². The standard InChI is InChI=1S/C15H19ClO2/c1-18-15(10-4-2-3-5-11-15)14(17)12-6-8-13(16)9-7-12/h6-9H,2-5,10-11H2,1H3. The summed E-state index contributed by atoms with van der Waals surface area (Å²) in [6.07, 6.45) is 6.16. The van der Waals surface area contributed by atoms with Crippen LogP contribution < -0.4 is 0 Å². The molecule has 1 fully saturated rings. The summed E-state index contributed by atoms with van der Waals surface area (Å²) in [5, 5.41) is 0.652.